The van der Waals surface area contributed by atoms with Crippen LogP contribution in [0.25, 0.3) is 5.69 Å². The molecular weight excluding hydrogens is 382 g/mol. The van der Waals surface area contributed by atoms with E-state index in [9.17, 15) is 4.79 Å². The highest BCUT2D eigenvalue weighted by atomic mass is 32.2. The highest BCUT2D eigenvalue weighted by Crippen LogP contribution is 2.26. The highest BCUT2D eigenvalue weighted by Gasteiger charge is 2.12. The van der Waals surface area contributed by atoms with Crippen LogP contribution in [0, 0.1) is 0 Å². The number of nitrogens with two attached hydrogens (primary N) is 1. The maximum atomic E-state index is 12.4. The van der Waals surface area contributed by atoms with Crippen molar-refractivity contribution in [2.24, 2.45) is 0 Å². The normalized spacial score (nSPS) is 10.6. The smallest absolute Gasteiger partial charge is 0.255 e. The number of para-hydroxylation sites is 2. The van der Waals surface area contributed by atoms with Crippen LogP contribution in [0.5, 0.6) is 0 Å². The largest absolute Gasteiger partial charge is 0.368 e. The lowest BCUT2D eigenvalue weighted by molar-refractivity contribution is 0.102. The van der Waals surface area contributed by atoms with Crippen LogP contribution in [0.3, 0.4) is 0 Å². The summed E-state index contributed by atoms with van der Waals surface area (Å²) in [4.78, 5) is 12.4. The number of benzene rings is 3. The number of carbonyl (C=O) groups excluding carboxylic acids is 1. The SMILES string of the molecule is Nc1nnc(SCc2ccc(C(=O)Nc3ccccc3)cc2)n1-c1ccccc1. The third-order valence-electron chi connectivity index (χ3n) is 4.29. The lowest BCUT2D eigenvalue weighted by atomic mass is 10.1. The number of anilines is 2. The fourth-order valence-electron chi connectivity index (χ4n) is 2.82. The Kier molecular flexibility index (Phi) is 5.58. The van der Waals surface area contributed by atoms with Gasteiger partial charge in [0.25, 0.3) is 5.91 Å². The maximum Gasteiger partial charge on any atom is 0.255 e. The summed E-state index contributed by atoms with van der Waals surface area (Å²) in [5.41, 5.74) is 9.37. The molecule has 7 heteroatoms. The van der Waals surface area contributed by atoms with Crippen LogP contribution >= 0.6 is 11.8 Å². The van der Waals surface area contributed by atoms with Crippen molar-refractivity contribution in [1.29, 1.82) is 0 Å². The third kappa shape index (κ3) is 4.47. The van der Waals surface area contributed by atoms with Crippen LogP contribution in [-0.4, -0.2) is 20.7 Å². The Morgan fingerprint density at radius 2 is 1.55 bits per heavy atom. The Morgan fingerprint density at radius 3 is 2.24 bits per heavy atom. The molecule has 0 fully saturated rings. The lowest BCUT2D eigenvalue weighted by Gasteiger charge is -2.08. The van der Waals surface area contributed by atoms with Crippen molar-refractivity contribution >= 4 is 29.3 Å². The van der Waals surface area contributed by atoms with E-state index in [1.54, 1.807) is 11.8 Å². The van der Waals surface area contributed by atoms with E-state index < -0.39 is 0 Å². The number of nitrogens with zero attached hydrogens (tertiary/aromatic N) is 3. The van der Waals surface area contributed by atoms with Gasteiger partial charge in [0, 0.05) is 17.0 Å². The zero-order valence-corrected chi connectivity index (χ0v) is 16.3. The van der Waals surface area contributed by atoms with Crippen LogP contribution in [0.15, 0.2) is 90.1 Å². The van der Waals surface area contributed by atoms with E-state index in [1.807, 2.05) is 89.5 Å². The fraction of sp³-hybridized carbons (Fsp3) is 0.0455. The molecule has 1 aromatic heterocycles. The van der Waals surface area contributed by atoms with Crippen molar-refractivity contribution < 1.29 is 4.79 Å². The Labute approximate surface area is 172 Å². The predicted octanol–water partition coefficient (Wildman–Crippen LogP) is 4.39. The summed E-state index contributed by atoms with van der Waals surface area (Å²) in [5.74, 6) is 0.907. The zero-order valence-electron chi connectivity index (χ0n) is 15.5. The summed E-state index contributed by atoms with van der Waals surface area (Å²) in [5, 5.41) is 11.8. The van der Waals surface area contributed by atoms with Gasteiger partial charge in [-0.05, 0) is 42.0 Å². The lowest BCUT2D eigenvalue weighted by Crippen LogP contribution is -2.11. The number of aromatic nitrogens is 3. The van der Waals surface area contributed by atoms with E-state index in [0.717, 1.165) is 22.1 Å². The second-order valence-electron chi connectivity index (χ2n) is 6.32. The molecule has 0 radical (unpaired) electrons. The summed E-state index contributed by atoms with van der Waals surface area (Å²) >= 11 is 1.54. The molecule has 144 valence electrons. The van der Waals surface area contributed by atoms with Gasteiger partial charge in [0.05, 0.1) is 5.69 Å². The quantitative estimate of drug-likeness (QED) is 0.468. The van der Waals surface area contributed by atoms with Gasteiger partial charge in [0.1, 0.15) is 0 Å². The van der Waals surface area contributed by atoms with E-state index in [-0.39, 0.29) is 5.91 Å². The average molecular weight is 401 g/mol. The van der Waals surface area contributed by atoms with E-state index in [2.05, 4.69) is 15.5 Å². The summed E-state index contributed by atoms with van der Waals surface area (Å²) in [7, 11) is 0. The molecule has 0 atom stereocenters. The van der Waals surface area contributed by atoms with Gasteiger partial charge in [-0.25, -0.2) is 0 Å². The number of nitrogens with one attached hydrogen (secondary N) is 1. The van der Waals surface area contributed by atoms with E-state index in [4.69, 9.17) is 5.73 Å². The first-order chi connectivity index (χ1) is 14.2. The number of nitrogen functional groups attached to an aromatic ring is 1. The molecule has 3 N–H and O–H groups in total. The molecule has 0 saturated carbocycles. The Morgan fingerprint density at radius 1 is 0.897 bits per heavy atom. The van der Waals surface area contributed by atoms with Crippen LogP contribution in [0.2, 0.25) is 0 Å². The Balaban J connectivity index is 1.42. The highest BCUT2D eigenvalue weighted by molar-refractivity contribution is 7.98. The van der Waals surface area contributed by atoms with Gasteiger partial charge in [-0.3, -0.25) is 9.36 Å². The van der Waals surface area contributed by atoms with E-state index >= 15 is 0 Å². The Bertz CT molecular complexity index is 1100. The van der Waals surface area contributed by atoms with Crippen LogP contribution in [0.4, 0.5) is 11.6 Å². The van der Waals surface area contributed by atoms with Gasteiger partial charge in [0.15, 0.2) is 5.16 Å². The number of carbonyl (C=O) groups is 1. The number of amides is 1. The molecule has 6 nitrogen and oxygen atoms in total. The molecule has 0 spiro atoms. The second kappa shape index (κ2) is 8.62. The van der Waals surface area contributed by atoms with Crippen LogP contribution in [-0.2, 0) is 5.75 Å². The van der Waals surface area contributed by atoms with Gasteiger partial charge in [-0.15, -0.1) is 10.2 Å². The van der Waals surface area contributed by atoms with Crippen molar-refractivity contribution in [3.05, 3.63) is 96.1 Å². The van der Waals surface area contributed by atoms with Crippen molar-refractivity contribution in [3.63, 3.8) is 0 Å². The number of rotatable bonds is 6. The molecule has 0 aliphatic heterocycles. The monoisotopic (exact) mass is 401 g/mol. The van der Waals surface area contributed by atoms with Gasteiger partial charge >= 0.3 is 0 Å². The number of hydrogen-bond acceptors (Lipinski definition) is 5. The topological polar surface area (TPSA) is 85.8 Å². The molecule has 3 aromatic carbocycles. The Hall–Kier alpha value is -3.58. The van der Waals surface area contributed by atoms with E-state index in [0.29, 0.717) is 17.3 Å². The summed E-state index contributed by atoms with van der Waals surface area (Å²) in [6, 6.07) is 26.7. The van der Waals surface area contributed by atoms with Crippen molar-refractivity contribution in [1.82, 2.24) is 14.8 Å². The molecule has 0 bridgehead atoms. The molecule has 29 heavy (non-hydrogen) atoms. The van der Waals surface area contributed by atoms with Crippen molar-refractivity contribution in [2.45, 2.75) is 10.9 Å². The van der Waals surface area contributed by atoms with Crippen LogP contribution in [0.1, 0.15) is 15.9 Å². The minimum Gasteiger partial charge on any atom is -0.368 e. The minimum absolute atomic E-state index is 0.132. The first-order valence-corrected chi connectivity index (χ1v) is 10.0. The second-order valence-corrected chi connectivity index (χ2v) is 7.26. The zero-order chi connectivity index (χ0) is 20.1. The van der Waals surface area contributed by atoms with Crippen LogP contribution < -0.4 is 11.1 Å². The molecule has 0 unspecified atom stereocenters. The van der Waals surface area contributed by atoms with Gasteiger partial charge < -0.3 is 11.1 Å². The van der Waals surface area contributed by atoms with Crippen molar-refractivity contribution in [2.75, 3.05) is 11.1 Å². The number of hydrogen-bond donors (Lipinski definition) is 2. The molecular formula is C22H19N5OS. The molecule has 1 amide bonds. The molecule has 1 heterocycles. The number of thioether (sulfide) groups is 1. The van der Waals surface area contributed by atoms with E-state index in [1.165, 1.54) is 0 Å². The molecule has 0 saturated heterocycles. The van der Waals surface area contributed by atoms with Crippen molar-refractivity contribution in [3.8, 4) is 5.69 Å². The molecule has 0 aliphatic carbocycles. The average Bonchev–Trinajstić information content (AvgIpc) is 3.14. The molecule has 4 aromatic rings. The third-order valence-corrected chi connectivity index (χ3v) is 5.29. The van der Waals surface area contributed by atoms with Gasteiger partial charge in [-0.2, -0.15) is 0 Å². The fourth-order valence-corrected chi connectivity index (χ4v) is 3.73. The molecule has 0 aliphatic rings. The minimum atomic E-state index is -0.132. The molecule has 4 rings (SSSR count). The summed E-state index contributed by atoms with van der Waals surface area (Å²) in [6.45, 7) is 0. The first kappa shape index (κ1) is 18.8. The summed E-state index contributed by atoms with van der Waals surface area (Å²) < 4.78 is 1.83. The summed E-state index contributed by atoms with van der Waals surface area (Å²) in [6.07, 6.45) is 0. The standard InChI is InChI=1S/C22H19N5OS/c23-21-25-26-22(27(21)19-9-5-2-6-10-19)29-15-16-11-13-17(14-12-16)20(28)24-18-7-3-1-4-8-18/h1-14H,15H2,(H2,23,25)(H,24,28). The predicted molar refractivity (Wildman–Crippen MR) is 116 cm³/mol. The van der Waals surface area contributed by atoms with Gasteiger partial charge in [0.2, 0.25) is 5.95 Å². The van der Waals surface area contributed by atoms with Gasteiger partial charge in [-0.1, -0.05) is 60.3 Å². The first-order valence-electron chi connectivity index (χ1n) is 9.05. The maximum absolute atomic E-state index is 12.4.